The Kier molecular flexibility index (Phi) is 4.84. The summed E-state index contributed by atoms with van der Waals surface area (Å²) in [5, 5.41) is 0. The highest BCUT2D eigenvalue weighted by molar-refractivity contribution is 5.32. The van der Waals surface area contributed by atoms with Crippen molar-refractivity contribution in [3.05, 3.63) is 41.7 Å². The monoisotopic (exact) mass is 209 g/mol. The second-order valence-corrected chi connectivity index (χ2v) is 3.19. The molecule has 0 aliphatic rings. The lowest BCUT2D eigenvalue weighted by atomic mass is 10.1. The van der Waals surface area contributed by atoms with Crippen LogP contribution >= 0.6 is 0 Å². The molecule has 2 nitrogen and oxygen atoms in total. The van der Waals surface area contributed by atoms with Crippen molar-refractivity contribution in [3.63, 3.8) is 0 Å². The summed E-state index contributed by atoms with van der Waals surface area (Å²) in [7, 11) is 1.46. The highest BCUT2D eigenvalue weighted by Crippen LogP contribution is 2.20. The van der Waals surface area contributed by atoms with Gasteiger partial charge in [0.05, 0.1) is 7.11 Å². The lowest BCUT2D eigenvalue weighted by Crippen LogP contribution is -1.96. The van der Waals surface area contributed by atoms with Gasteiger partial charge in [-0.3, -0.25) is 0 Å². The second-order valence-electron chi connectivity index (χ2n) is 3.19. The Morgan fingerprint density at radius 2 is 2.20 bits per heavy atom. The molecular weight excluding hydrogens is 193 g/mol. The number of hydrogen-bond donors (Lipinski definition) is 1. The quantitative estimate of drug-likeness (QED) is 0.755. The van der Waals surface area contributed by atoms with Gasteiger partial charge in [0, 0.05) is 0 Å². The maximum Gasteiger partial charge on any atom is 0.168 e. The van der Waals surface area contributed by atoms with Gasteiger partial charge < -0.3 is 10.5 Å². The standard InChI is InChI=1S/C12H16FNO/c1-15-11-8-5-7-10(12(11)13)6-3-2-4-9-14/h2-3,5,7-8H,4,6,9,14H2,1H3/b3-2+. The smallest absolute Gasteiger partial charge is 0.168 e. The van der Waals surface area contributed by atoms with Crippen LogP contribution in [0.5, 0.6) is 5.75 Å². The fraction of sp³-hybridized carbons (Fsp3) is 0.333. The zero-order valence-electron chi connectivity index (χ0n) is 8.87. The van der Waals surface area contributed by atoms with E-state index in [1.165, 1.54) is 7.11 Å². The van der Waals surface area contributed by atoms with Gasteiger partial charge in [0.15, 0.2) is 11.6 Å². The van der Waals surface area contributed by atoms with Crippen LogP contribution in [0, 0.1) is 5.82 Å². The molecule has 1 aromatic carbocycles. The molecule has 0 atom stereocenters. The van der Waals surface area contributed by atoms with E-state index >= 15 is 0 Å². The van der Waals surface area contributed by atoms with Crippen molar-refractivity contribution in [2.24, 2.45) is 5.73 Å². The van der Waals surface area contributed by atoms with Gasteiger partial charge in [0.2, 0.25) is 0 Å². The summed E-state index contributed by atoms with van der Waals surface area (Å²) < 4.78 is 18.5. The van der Waals surface area contributed by atoms with Crippen molar-refractivity contribution in [1.29, 1.82) is 0 Å². The Labute approximate surface area is 89.6 Å². The molecule has 0 heterocycles. The fourth-order valence-electron chi connectivity index (χ4n) is 1.30. The minimum atomic E-state index is -0.280. The number of benzene rings is 1. The van der Waals surface area contributed by atoms with Gasteiger partial charge in [0.1, 0.15) is 0 Å². The van der Waals surface area contributed by atoms with E-state index in [0.717, 1.165) is 6.42 Å². The highest BCUT2D eigenvalue weighted by Gasteiger charge is 2.05. The first-order chi connectivity index (χ1) is 7.29. The van der Waals surface area contributed by atoms with Crippen LogP contribution in [0.25, 0.3) is 0 Å². The zero-order chi connectivity index (χ0) is 11.1. The number of hydrogen-bond acceptors (Lipinski definition) is 2. The third-order valence-corrected chi connectivity index (χ3v) is 2.10. The van der Waals surface area contributed by atoms with Crippen molar-refractivity contribution < 1.29 is 9.13 Å². The lowest BCUT2D eigenvalue weighted by molar-refractivity contribution is 0.384. The predicted octanol–water partition coefficient (Wildman–Crippen LogP) is 2.28. The van der Waals surface area contributed by atoms with Gasteiger partial charge in [-0.1, -0.05) is 24.3 Å². The molecule has 0 aliphatic carbocycles. The van der Waals surface area contributed by atoms with E-state index in [-0.39, 0.29) is 5.82 Å². The Morgan fingerprint density at radius 3 is 2.87 bits per heavy atom. The van der Waals surface area contributed by atoms with Crippen LogP contribution in [0.4, 0.5) is 4.39 Å². The SMILES string of the molecule is COc1cccc(C/C=C/CCN)c1F. The highest BCUT2D eigenvalue weighted by atomic mass is 19.1. The van der Waals surface area contributed by atoms with Crippen LogP contribution in [0.15, 0.2) is 30.4 Å². The molecule has 0 aromatic heterocycles. The maximum atomic E-state index is 13.6. The van der Waals surface area contributed by atoms with Gasteiger partial charge in [-0.25, -0.2) is 4.39 Å². The van der Waals surface area contributed by atoms with Crippen LogP contribution in [0.3, 0.4) is 0 Å². The topological polar surface area (TPSA) is 35.2 Å². The third-order valence-electron chi connectivity index (χ3n) is 2.10. The largest absolute Gasteiger partial charge is 0.494 e. The summed E-state index contributed by atoms with van der Waals surface area (Å²) in [6.45, 7) is 0.622. The van der Waals surface area contributed by atoms with Crippen LogP contribution < -0.4 is 10.5 Å². The molecule has 0 spiro atoms. The molecule has 1 aromatic rings. The summed E-state index contributed by atoms with van der Waals surface area (Å²) >= 11 is 0. The van der Waals surface area contributed by atoms with E-state index in [4.69, 9.17) is 10.5 Å². The molecule has 0 saturated carbocycles. The average molecular weight is 209 g/mol. The molecule has 0 unspecified atom stereocenters. The first kappa shape index (κ1) is 11.7. The normalized spacial score (nSPS) is 10.9. The Bertz CT molecular complexity index is 336. The Balaban J connectivity index is 2.68. The van der Waals surface area contributed by atoms with Crippen LogP contribution in [-0.4, -0.2) is 13.7 Å². The van der Waals surface area contributed by atoms with E-state index in [1.807, 2.05) is 12.2 Å². The van der Waals surface area contributed by atoms with E-state index in [9.17, 15) is 4.39 Å². The molecule has 3 heteroatoms. The third kappa shape index (κ3) is 3.36. The summed E-state index contributed by atoms with van der Waals surface area (Å²) in [5.41, 5.74) is 5.98. The second kappa shape index (κ2) is 6.19. The van der Waals surface area contributed by atoms with E-state index in [1.54, 1.807) is 18.2 Å². The summed E-state index contributed by atoms with van der Waals surface area (Å²) in [6, 6.07) is 5.15. The van der Waals surface area contributed by atoms with Crippen LogP contribution in [-0.2, 0) is 6.42 Å². The van der Waals surface area contributed by atoms with Crippen molar-refractivity contribution >= 4 is 0 Å². The number of nitrogens with two attached hydrogens (primary N) is 1. The molecule has 0 fully saturated rings. The van der Waals surface area contributed by atoms with Crippen molar-refractivity contribution in [3.8, 4) is 5.75 Å². The predicted molar refractivity (Wildman–Crippen MR) is 59.5 cm³/mol. The number of methoxy groups -OCH3 is 1. The molecule has 82 valence electrons. The van der Waals surface area contributed by atoms with E-state index < -0.39 is 0 Å². The van der Waals surface area contributed by atoms with Gasteiger partial charge in [-0.05, 0) is 31.0 Å². The van der Waals surface area contributed by atoms with Crippen molar-refractivity contribution in [2.45, 2.75) is 12.8 Å². The summed E-state index contributed by atoms with van der Waals surface area (Å²) in [4.78, 5) is 0. The number of rotatable bonds is 5. The van der Waals surface area contributed by atoms with Crippen LogP contribution in [0.1, 0.15) is 12.0 Å². The molecule has 0 amide bonds. The number of ether oxygens (including phenoxy) is 1. The van der Waals surface area contributed by atoms with Crippen molar-refractivity contribution in [1.82, 2.24) is 0 Å². The van der Waals surface area contributed by atoms with E-state index in [2.05, 4.69) is 0 Å². The Hall–Kier alpha value is -1.35. The fourth-order valence-corrected chi connectivity index (χ4v) is 1.30. The van der Waals surface area contributed by atoms with Crippen LogP contribution in [0.2, 0.25) is 0 Å². The molecular formula is C12H16FNO. The van der Waals surface area contributed by atoms with Gasteiger partial charge >= 0.3 is 0 Å². The molecule has 0 saturated heterocycles. The first-order valence-electron chi connectivity index (χ1n) is 4.96. The van der Waals surface area contributed by atoms with Gasteiger partial charge in [-0.15, -0.1) is 0 Å². The zero-order valence-corrected chi connectivity index (χ0v) is 8.87. The average Bonchev–Trinajstić information content (AvgIpc) is 2.26. The van der Waals surface area contributed by atoms with Crippen molar-refractivity contribution in [2.75, 3.05) is 13.7 Å². The molecule has 1 rings (SSSR count). The molecule has 0 bridgehead atoms. The molecule has 2 N–H and O–H groups in total. The molecule has 15 heavy (non-hydrogen) atoms. The molecule has 0 radical (unpaired) electrons. The number of allylic oxidation sites excluding steroid dienone is 1. The first-order valence-corrected chi connectivity index (χ1v) is 4.96. The minimum absolute atomic E-state index is 0.280. The Morgan fingerprint density at radius 1 is 1.40 bits per heavy atom. The number of halogens is 1. The maximum absolute atomic E-state index is 13.6. The lowest BCUT2D eigenvalue weighted by Gasteiger charge is -2.04. The summed E-state index contributed by atoms with van der Waals surface area (Å²) in [6.07, 6.45) is 5.28. The van der Waals surface area contributed by atoms with E-state index in [0.29, 0.717) is 24.3 Å². The van der Waals surface area contributed by atoms with Gasteiger partial charge in [0.25, 0.3) is 0 Å². The van der Waals surface area contributed by atoms with Gasteiger partial charge in [-0.2, -0.15) is 0 Å². The summed E-state index contributed by atoms with van der Waals surface area (Å²) in [5.74, 6) is 0.0112. The molecule has 0 aliphatic heterocycles. The minimum Gasteiger partial charge on any atom is -0.494 e.